The first kappa shape index (κ1) is 22.8. The van der Waals surface area contributed by atoms with Crippen molar-refractivity contribution < 1.29 is 14.3 Å². The van der Waals surface area contributed by atoms with Crippen molar-refractivity contribution in [2.75, 3.05) is 64.8 Å². The minimum Gasteiger partial charge on any atom is -0.378 e. The van der Waals surface area contributed by atoms with E-state index in [9.17, 15) is 9.59 Å². The highest BCUT2D eigenvalue weighted by molar-refractivity contribution is 7.99. The van der Waals surface area contributed by atoms with Gasteiger partial charge >= 0.3 is 0 Å². The highest BCUT2D eigenvalue weighted by Crippen LogP contribution is 2.22. The van der Waals surface area contributed by atoms with Gasteiger partial charge in [0.2, 0.25) is 11.8 Å². The third-order valence-corrected chi connectivity index (χ3v) is 6.82. The fourth-order valence-corrected chi connectivity index (χ4v) is 5.04. The molecule has 2 aliphatic heterocycles. The summed E-state index contributed by atoms with van der Waals surface area (Å²) in [4.78, 5) is 35.6. The molecular weight excluding hydrogens is 426 g/mol. The Balaban J connectivity index is 1.25. The average Bonchev–Trinajstić information content (AvgIpc) is 3.27. The Morgan fingerprint density at radius 3 is 2.28 bits per heavy atom. The Kier molecular flexibility index (Phi) is 7.49. The number of benzene rings is 1. The average molecular weight is 458 g/mol. The molecule has 1 aromatic heterocycles. The Bertz CT molecular complexity index is 929. The number of morpholine rings is 1. The molecule has 0 saturated carbocycles. The van der Waals surface area contributed by atoms with Crippen molar-refractivity contribution in [3.63, 3.8) is 0 Å². The standard InChI is InChI=1S/C23H31N5O3S/c1-18-13-19(2)15-20(14-18)28-4-3-24-23(28)32-17-22(30)26-7-5-25(6-8-26)16-21(29)27-9-11-31-12-10-27/h3-4,13-15H,5-12,16-17H2,1-2H3. The number of amides is 2. The number of piperazine rings is 1. The molecule has 9 heteroatoms. The van der Waals surface area contributed by atoms with Gasteiger partial charge in [-0.05, 0) is 37.1 Å². The number of imidazole rings is 1. The van der Waals surface area contributed by atoms with Crippen molar-refractivity contribution in [1.82, 2.24) is 24.3 Å². The van der Waals surface area contributed by atoms with Crippen LogP contribution in [-0.2, 0) is 14.3 Å². The number of ether oxygens (including phenoxy) is 1. The van der Waals surface area contributed by atoms with Crippen molar-refractivity contribution in [3.05, 3.63) is 41.7 Å². The first-order valence-electron chi connectivity index (χ1n) is 11.1. The van der Waals surface area contributed by atoms with Crippen molar-refractivity contribution in [2.24, 2.45) is 0 Å². The zero-order valence-corrected chi connectivity index (χ0v) is 19.6. The second-order valence-corrected chi connectivity index (χ2v) is 9.31. The van der Waals surface area contributed by atoms with Gasteiger partial charge in [0.25, 0.3) is 0 Å². The normalized spacial score (nSPS) is 17.6. The maximum Gasteiger partial charge on any atom is 0.236 e. The minimum atomic E-state index is 0.115. The van der Waals surface area contributed by atoms with E-state index < -0.39 is 0 Å². The second-order valence-electron chi connectivity index (χ2n) is 8.36. The van der Waals surface area contributed by atoms with Crippen LogP contribution < -0.4 is 0 Å². The monoisotopic (exact) mass is 457 g/mol. The van der Waals surface area contributed by atoms with Crippen LogP contribution in [0.4, 0.5) is 0 Å². The molecule has 2 fully saturated rings. The van der Waals surface area contributed by atoms with E-state index >= 15 is 0 Å². The van der Waals surface area contributed by atoms with Gasteiger partial charge < -0.3 is 14.5 Å². The number of nitrogens with zero attached hydrogens (tertiary/aromatic N) is 5. The molecule has 2 aliphatic rings. The molecule has 0 unspecified atom stereocenters. The molecule has 2 aromatic rings. The molecule has 32 heavy (non-hydrogen) atoms. The summed E-state index contributed by atoms with van der Waals surface area (Å²) in [5, 5.41) is 0.818. The molecule has 0 radical (unpaired) electrons. The minimum absolute atomic E-state index is 0.115. The van der Waals surface area contributed by atoms with Crippen LogP contribution >= 0.6 is 11.8 Å². The zero-order valence-electron chi connectivity index (χ0n) is 18.8. The number of aromatic nitrogens is 2. The van der Waals surface area contributed by atoms with Crippen LogP contribution in [0.5, 0.6) is 0 Å². The van der Waals surface area contributed by atoms with Crippen molar-refractivity contribution in [1.29, 1.82) is 0 Å². The van der Waals surface area contributed by atoms with Gasteiger partial charge in [0.15, 0.2) is 5.16 Å². The second kappa shape index (κ2) is 10.5. The molecule has 0 aliphatic carbocycles. The van der Waals surface area contributed by atoms with E-state index in [-0.39, 0.29) is 11.8 Å². The summed E-state index contributed by atoms with van der Waals surface area (Å²) < 4.78 is 7.35. The molecule has 0 bridgehead atoms. The number of carbonyl (C=O) groups excluding carboxylic acids is 2. The summed E-state index contributed by atoms with van der Waals surface area (Å²) in [7, 11) is 0. The third-order valence-electron chi connectivity index (χ3n) is 5.86. The van der Waals surface area contributed by atoms with Gasteiger partial charge in [0, 0.05) is 57.3 Å². The van der Waals surface area contributed by atoms with Gasteiger partial charge in [-0.1, -0.05) is 17.8 Å². The van der Waals surface area contributed by atoms with Gasteiger partial charge in [-0.25, -0.2) is 4.98 Å². The van der Waals surface area contributed by atoms with Gasteiger partial charge in [-0.3, -0.25) is 19.1 Å². The van der Waals surface area contributed by atoms with Crippen molar-refractivity contribution in [3.8, 4) is 5.69 Å². The number of hydrogen-bond acceptors (Lipinski definition) is 6. The Hall–Kier alpha value is -2.36. The van der Waals surface area contributed by atoms with Crippen molar-refractivity contribution in [2.45, 2.75) is 19.0 Å². The summed E-state index contributed by atoms with van der Waals surface area (Å²) >= 11 is 1.47. The summed E-state index contributed by atoms with van der Waals surface area (Å²) in [6, 6.07) is 6.39. The van der Waals surface area contributed by atoms with Crippen molar-refractivity contribution >= 4 is 23.6 Å². The molecule has 0 atom stereocenters. The first-order valence-corrected chi connectivity index (χ1v) is 12.1. The molecule has 0 spiro atoms. The first-order chi connectivity index (χ1) is 15.5. The lowest BCUT2D eigenvalue weighted by molar-refractivity contribution is -0.137. The molecular formula is C23H31N5O3S. The maximum atomic E-state index is 12.8. The molecule has 4 rings (SSSR count). The van der Waals surface area contributed by atoms with Crippen LogP contribution in [0, 0.1) is 13.8 Å². The quantitative estimate of drug-likeness (QED) is 0.614. The molecule has 172 valence electrons. The van der Waals surface area contributed by atoms with E-state index in [0.717, 1.165) is 23.9 Å². The number of hydrogen-bond donors (Lipinski definition) is 0. The summed E-state index contributed by atoms with van der Waals surface area (Å²) in [5.74, 6) is 0.625. The fraction of sp³-hybridized carbons (Fsp3) is 0.522. The number of thioether (sulfide) groups is 1. The zero-order chi connectivity index (χ0) is 22.5. The predicted molar refractivity (Wildman–Crippen MR) is 124 cm³/mol. The van der Waals surface area contributed by atoms with E-state index in [1.165, 1.54) is 22.9 Å². The SMILES string of the molecule is Cc1cc(C)cc(-n2ccnc2SCC(=O)N2CCN(CC(=O)N3CCOCC3)CC2)c1. The van der Waals surface area contributed by atoms with Crippen LogP contribution in [0.15, 0.2) is 35.7 Å². The van der Waals surface area contributed by atoms with Gasteiger partial charge in [0.05, 0.1) is 25.5 Å². The van der Waals surface area contributed by atoms with Crippen LogP contribution in [0.1, 0.15) is 11.1 Å². The number of aryl methyl sites for hydroxylation is 2. The maximum absolute atomic E-state index is 12.8. The Labute approximate surface area is 193 Å². The summed E-state index contributed by atoms with van der Waals surface area (Å²) in [5.41, 5.74) is 3.46. The summed E-state index contributed by atoms with van der Waals surface area (Å²) in [6.45, 7) is 9.93. The lowest BCUT2D eigenvalue weighted by Gasteiger charge is -2.36. The highest BCUT2D eigenvalue weighted by atomic mass is 32.2. The van der Waals surface area contributed by atoms with Gasteiger partial charge in [0.1, 0.15) is 0 Å². The van der Waals surface area contributed by atoms with E-state index in [0.29, 0.717) is 51.7 Å². The molecule has 3 heterocycles. The Morgan fingerprint density at radius 1 is 0.938 bits per heavy atom. The van der Waals surface area contributed by atoms with Gasteiger partial charge in [-0.2, -0.15) is 0 Å². The van der Waals surface area contributed by atoms with Crippen LogP contribution in [0.2, 0.25) is 0 Å². The number of carbonyl (C=O) groups is 2. The largest absolute Gasteiger partial charge is 0.378 e. The smallest absolute Gasteiger partial charge is 0.236 e. The van der Waals surface area contributed by atoms with E-state index in [1.807, 2.05) is 20.6 Å². The third kappa shape index (κ3) is 5.70. The number of rotatable bonds is 6. The lowest BCUT2D eigenvalue weighted by Crippen LogP contribution is -2.53. The summed E-state index contributed by atoms with van der Waals surface area (Å²) in [6.07, 6.45) is 3.71. The van der Waals surface area contributed by atoms with E-state index in [2.05, 4.69) is 41.9 Å². The molecule has 2 amide bonds. The van der Waals surface area contributed by atoms with E-state index in [4.69, 9.17) is 4.74 Å². The van der Waals surface area contributed by atoms with Crippen LogP contribution in [0.3, 0.4) is 0 Å². The predicted octanol–water partition coefficient (Wildman–Crippen LogP) is 1.58. The van der Waals surface area contributed by atoms with Gasteiger partial charge in [-0.15, -0.1) is 0 Å². The van der Waals surface area contributed by atoms with E-state index in [1.54, 1.807) is 6.20 Å². The molecule has 1 aromatic carbocycles. The fourth-order valence-electron chi connectivity index (χ4n) is 4.16. The topological polar surface area (TPSA) is 70.9 Å². The van der Waals surface area contributed by atoms with Crippen LogP contribution in [0.25, 0.3) is 5.69 Å². The molecule has 2 saturated heterocycles. The van der Waals surface area contributed by atoms with Crippen LogP contribution in [-0.4, -0.2) is 101 Å². The molecule has 8 nitrogen and oxygen atoms in total. The Morgan fingerprint density at radius 2 is 1.59 bits per heavy atom. The molecule has 0 N–H and O–H groups in total. The lowest BCUT2D eigenvalue weighted by atomic mass is 10.1. The highest BCUT2D eigenvalue weighted by Gasteiger charge is 2.25.